The second-order valence-corrected chi connectivity index (χ2v) is 3.60. The maximum atomic E-state index is 13.7. The molecule has 0 aliphatic carbocycles. The van der Waals surface area contributed by atoms with Crippen LogP contribution in [0.1, 0.15) is 13.3 Å². The molecule has 1 amide bonds. The lowest BCUT2D eigenvalue weighted by Crippen LogP contribution is -2.37. The Labute approximate surface area is 105 Å². The SMILES string of the molecule is CCCN(CC(=O)NC)c1nc(NN)ncc1F. The number of nitrogens with one attached hydrogen (secondary N) is 2. The number of aromatic nitrogens is 2. The molecule has 4 N–H and O–H groups in total. The van der Waals surface area contributed by atoms with E-state index in [0.717, 1.165) is 12.6 Å². The Morgan fingerprint density at radius 2 is 2.33 bits per heavy atom. The molecule has 0 fully saturated rings. The number of amides is 1. The molecule has 100 valence electrons. The first-order valence-electron chi connectivity index (χ1n) is 5.57. The van der Waals surface area contributed by atoms with Crippen molar-refractivity contribution in [1.82, 2.24) is 15.3 Å². The van der Waals surface area contributed by atoms with Crippen LogP contribution in [0.3, 0.4) is 0 Å². The molecule has 0 saturated heterocycles. The van der Waals surface area contributed by atoms with E-state index in [9.17, 15) is 9.18 Å². The van der Waals surface area contributed by atoms with Gasteiger partial charge in [-0.1, -0.05) is 6.92 Å². The van der Waals surface area contributed by atoms with Crippen LogP contribution in [0.2, 0.25) is 0 Å². The molecule has 8 heteroatoms. The lowest BCUT2D eigenvalue weighted by Gasteiger charge is -2.22. The van der Waals surface area contributed by atoms with Crippen molar-refractivity contribution >= 4 is 17.7 Å². The minimum atomic E-state index is -0.591. The first-order valence-corrected chi connectivity index (χ1v) is 5.57. The zero-order chi connectivity index (χ0) is 13.5. The molecule has 0 saturated carbocycles. The fourth-order valence-electron chi connectivity index (χ4n) is 1.43. The number of likely N-dealkylation sites (N-methyl/N-ethyl adjacent to an activating group) is 1. The largest absolute Gasteiger partial charge is 0.358 e. The highest BCUT2D eigenvalue weighted by atomic mass is 19.1. The molecule has 0 bridgehead atoms. The summed E-state index contributed by atoms with van der Waals surface area (Å²) < 4.78 is 13.7. The normalized spacial score (nSPS) is 10.0. The van der Waals surface area contributed by atoms with E-state index in [0.29, 0.717) is 6.54 Å². The number of nitrogens with two attached hydrogens (primary N) is 1. The van der Waals surface area contributed by atoms with Crippen molar-refractivity contribution in [3.63, 3.8) is 0 Å². The van der Waals surface area contributed by atoms with Gasteiger partial charge in [0, 0.05) is 13.6 Å². The Hall–Kier alpha value is -1.96. The number of hydrogen-bond acceptors (Lipinski definition) is 6. The van der Waals surface area contributed by atoms with Crippen molar-refractivity contribution in [2.45, 2.75) is 13.3 Å². The first-order chi connectivity index (χ1) is 8.62. The Balaban J connectivity index is 2.99. The standard InChI is InChI=1S/C10H17FN6O/c1-3-4-17(6-8(18)13-2)9-7(11)5-14-10(15-9)16-12/h5H,3-4,6,12H2,1-2H3,(H,13,18)(H,14,15,16). The number of halogens is 1. The van der Waals surface area contributed by atoms with Gasteiger partial charge in [-0.3, -0.25) is 10.2 Å². The van der Waals surface area contributed by atoms with E-state index >= 15 is 0 Å². The van der Waals surface area contributed by atoms with Gasteiger partial charge in [-0.25, -0.2) is 15.2 Å². The Morgan fingerprint density at radius 1 is 1.61 bits per heavy atom. The number of anilines is 2. The van der Waals surface area contributed by atoms with E-state index in [2.05, 4.69) is 20.7 Å². The molecule has 1 aromatic heterocycles. The molecule has 1 heterocycles. The summed E-state index contributed by atoms with van der Waals surface area (Å²) in [6.45, 7) is 2.46. The summed E-state index contributed by atoms with van der Waals surface area (Å²) in [5.41, 5.74) is 2.24. The number of nitrogens with zero attached hydrogens (tertiary/aromatic N) is 3. The van der Waals surface area contributed by atoms with Gasteiger partial charge in [-0.2, -0.15) is 4.98 Å². The van der Waals surface area contributed by atoms with Crippen molar-refractivity contribution < 1.29 is 9.18 Å². The van der Waals surface area contributed by atoms with Crippen molar-refractivity contribution in [3.8, 4) is 0 Å². The zero-order valence-corrected chi connectivity index (χ0v) is 10.4. The van der Waals surface area contributed by atoms with Crippen LogP contribution >= 0.6 is 0 Å². The van der Waals surface area contributed by atoms with Crippen LogP contribution in [0.4, 0.5) is 16.2 Å². The number of hydrazine groups is 1. The number of nitrogen functional groups attached to an aromatic ring is 1. The van der Waals surface area contributed by atoms with Gasteiger partial charge in [0.2, 0.25) is 11.9 Å². The number of carbonyl (C=O) groups is 1. The molecule has 1 rings (SSSR count). The minimum absolute atomic E-state index is 0.0300. The Bertz CT molecular complexity index is 413. The lowest BCUT2D eigenvalue weighted by atomic mass is 10.3. The van der Waals surface area contributed by atoms with Crippen LogP contribution in [-0.4, -0.2) is 36.0 Å². The van der Waals surface area contributed by atoms with Crippen LogP contribution in [-0.2, 0) is 4.79 Å². The van der Waals surface area contributed by atoms with E-state index in [4.69, 9.17) is 5.84 Å². The summed E-state index contributed by atoms with van der Waals surface area (Å²) >= 11 is 0. The third-order valence-electron chi connectivity index (χ3n) is 2.26. The maximum absolute atomic E-state index is 13.7. The fraction of sp³-hybridized carbons (Fsp3) is 0.500. The molecule has 1 aromatic rings. The molecule has 0 aromatic carbocycles. The van der Waals surface area contributed by atoms with Gasteiger partial charge < -0.3 is 10.2 Å². The Kier molecular flexibility index (Phi) is 5.25. The smallest absolute Gasteiger partial charge is 0.239 e. The second-order valence-electron chi connectivity index (χ2n) is 3.60. The van der Waals surface area contributed by atoms with Crippen molar-refractivity contribution in [2.75, 3.05) is 30.5 Å². The lowest BCUT2D eigenvalue weighted by molar-refractivity contribution is -0.119. The third-order valence-corrected chi connectivity index (χ3v) is 2.26. The monoisotopic (exact) mass is 256 g/mol. The van der Waals surface area contributed by atoms with E-state index < -0.39 is 5.82 Å². The predicted octanol–water partition coefficient (Wildman–Crippen LogP) is -0.136. The molecule has 18 heavy (non-hydrogen) atoms. The zero-order valence-electron chi connectivity index (χ0n) is 10.4. The van der Waals surface area contributed by atoms with Crippen LogP contribution < -0.4 is 21.5 Å². The van der Waals surface area contributed by atoms with Crippen LogP contribution in [0.25, 0.3) is 0 Å². The number of hydrogen-bond donors (Lipinski definition) is 3. The average molecular weight is 256 g/mol. The van der Waals surface area contributed by atoms with Gasteiger partial charge >= 0.3 is 0 Å². The summed E-state index contributed by atoms with van der Waals surface area (Å²) in [7, 11) is 1.52. The second kappa shape index (κ2) is 6.70. The third kappa shape index (κ3) is 3.52. The average Bonchev–Trinajstić information content (AvgIpc) is 2.38. The molecule has 0 atom stereocenters. The topological polar surface area (TPSA) is 96.2 Å². The maximum Gasteiger partial charge on any atom is 0.239 e. The summed E-state index contributed by atoms with van der Waals surface area (Å²) in [4.78, 5) is 20.5. The summed E-state index contributed by atoms with van der Waals surface area (Å²) in [5.74, 6) is 4.52. The van der Waals surface area contributed by atoms with Gasteiger partial charge in [0.25, 0.3) is 0 Å². The highest BCUT2D eigenvalue weighted by Crippen LogP contribution is 2.17. The highest BCUT2D eigenvalue weighted by molar-refractivity contribution is 5.80. The number of carbonyl (C=O) groups excluding carboxylic acids is 1. The molecule has 7 nitrogen and oxygen atoms in total. The van der Waals surface area contributed by atoms with E-state index in [1.54, 1.807) is 0 Å². The molecule has 0 radical (unpaired) electrons. The summed E-state index contributed by atoms with van der Waals surface area (Å²) in [5, 5.41) is 2.48. The molecule has 0 aliphatic rings. The predicted molar refractivity (Wildman–Crippen MR) is 66.4 cm³/mol. The fourth-order valence-corrected chi connectivity index (χ4v) is 1.43. The van der Waals surface area contributed by atoms with Crippen LogP contribution in [0, 0.1) is 5.82 Å². The summed E-state index contributed by atoms with van der Waals surface area (Å²) in [6.07, 6.45) is 1.77. The van der Waals surface area contributed by atoms with E-state index in [-0.39, 0.29) is 24.2 Å². The van der Waals surface area contributed by atoms with E-state index in [1.165, 1.54) is 11.9 Å². The molecule has 0 unspecified atom stereocenters. The van der Waals surface area contributed by atoms with Crippen LogP contribution in [0.5, 0.6) is 0 Å². The molecular formula is C10H17FN6O. The van der Waals surface area contributed by atoms with Crippen molar-refractivity contribution in [1.29, 1.82) is 0 Å². The summed E-state index contributed by atoms with van der Waals surface area (Å²) in [6, 6.07) is 0. The van der Waals surface area contributed by atoms with Crippen LogP contribution in [0.15, 0.2) is 6.20 Å². The highest BCUT2D eigenvalue weighted by Gasteiger charge is 2.16. The van der Waals surface area contributed by atoms with Crippen molar-refractivity contribution in [3.05, 3.63) is 12.0 Å². The van der Waals surface area contributed by atoms with Gasteiger partial charge in [-0.05, 0) is 6.42 Å². The molecular weight excluding hydrogens is 239 g/mol. The molecule has 0 aliphatic heterocycles. The van der Waals surface area contributed by atoms with E-state index in [1.807, 2.05) is 6.92 Å². The van der Waals surface area contributed by atoms with Gasteiger partial charge in [0.15, 0.2) is 11.6 Å². The van der Waals surface area contributed by atoms with Gasteiger partial charge in [-0.15, -0.1) is 0 Å². The Morgan fingerprint density at radius 3 is 2.89 bits per heavy atom. The quantitative estimate of drug-likeness (QED) is 0.484. The minimum Gasteiger partial charge on any atom is -0.358 e. The van der Waals surface area contributed by atoms with Gasteiger partial charge in [0.1, 0.15) is 0 Å². The first kappa shape index (κ1) is 14.1. The number of rotatable bonds is 6. The molecule has 0 spiro atoms. The van der Waals surface area contributed by atoms with Gasteiger partial charge in [0.05, 0.1) is 12.7 Å². The van der Waals surface area contributed by atoms with Crippen molar-refractivity contribution in [2.24, 2.45) is 5.84 Å².